The Bertz CT molecular complexity index is 1470. The van der Waals surface area contributed by atoms with Crippen LogP contribution in [0.2, 0.25) is 0 Å². The van der Waals surface area contributed by atoms with Crippen LogP contribution in [-0.2, 0) is 9.59 Å². The molecule has 0 unspecified atom stereocenters. The molecular formula is C27H27N7O4. The van der Waals surface area contributed by atoms with E-state index in [2.05, 4.69) is 35.7 Å². The van der Waals surface area contributed by atoms with Gasteiger partial charge in [0.1, 0.15) is 22.9 Å². The zero-order valence-corrected chi connectivity index (χ0v) is 21.0. The highest BCUT2D eigenvalue weighted by atomic mass is 16.5. The molecule has 1 aliphatic rings. The number of carbonyl (C=O) groups excluding carboxylic acids is 1. The van der Waals surface area contributed by atoms with Gasteiger partial charge in [-0.25, -0.2) is 9.97 Å². The minimum Gasteiger partial charge on any atom is -0.481 e. The van der Waals surface area contributed by atoms with Crippen molar-refractivity contribution < 1.29 is 19.2 Å². The van der Waals surface area contributed by atoms with Crippen LogP contribution in [0.1, 0.15) is 37.1 Å². The van der Waals surface area contributed by atoms with Crippen molar-refractivity contribution in [3.63, 3.8) is 0 Å². The molecule has 0 bridgehead atoms. The summed E-state index contributed by atoms with van der Waals surface area (Å²) in [5, 5.41) is 19.7. The number of hydrogen-bond acceptors (Lipinski definition) is 9. The molecule has 4 aromatic rings. The topological polar surface area (TPSA) is 156 Å². The third-order valence-electron chi connectivity index (χ3n) is 6.72. The Labute approximate surface area is 218 Å². The number of anilines is 3. The fourth-order valence-corrected chi connectivity index (χ4v) is 4.69. The number of rotatable bonds is 7. The van der Waals surface area contributed by atoms with Gasteiger partial charge in [0.15, 0.2) is 0 Å². The zero-order valence-electron chi connectivity index (χ0n) is 21.0. The lowest BCUT2D eigenvalue weighted by molar-refractivity contribution is -0.147. The highest BCUT2D eigenvalue weighted by Crippen LogP contribution is 2.34. The van der Waals surface area contributed by atoms with Crippen molar-refractivity contribution in [1.29, 1.82) is 0 Å². The number of carboxylic acid groups (broad SMARTS) is 1. The van der Waals surface area contributed by atoms with E-state index in [0.29, 0.717) is 58.6 Å². The SMILES string of the molecule is Cc1nc(-c2onc(C)c2Nc2cncc(-c3ccncc3)n2)ccc1NC(=O)[C@H]1CCCC[C@@H]1C(=O)O. The Kier molecular flexibility index (Phi) is 7.07. The average Bonchev–Trinajstić information content (AvgIpc) is 3.30. The van der Waals surface area contributed by atoms with Gasteiger partial charge in [0.05, 0.1) is 41.3 Å². The maximum Gasteiger partial charge on any atom is 0.307 e. The van der Waals surface area contributed by atoms with E-state index in [-0.39, 0.29) is 5.91 Å². The number of pyridine rings is 2. The lowest BCUT2D eigenvalue weighted by Crippen LogP contribution is -2.36. The van der Waals surface area contributed by atoms with Gasteiger partial charge in [-0.2, -0.15) is 0 Å². The van der Waals surface area contributed by atoms with E-state index in [1.165, 1.54) is 0 Å². The molecule has 0 aliphatic heterocycles. The van der Waals surface area contributed by atoms with Gasteiger partial charge in [0.2, 0.25) is 11.7 Å². The molecule has 38 heavy (non-hydrogen) atoms. The van der Waals surface area contributed by atoms with Crippen molar-refractivity contribution in [2.75, 3.05) is 10.6 Å². The number of aliphatic carboxylic acids is 1. The molecule has 11 nitrogen and oxygen atoms in total. The molecule has 0 aromatic carbocycles. The molecule has 3 N–H and O–H groups in total. The summed E-state index contributed by atoms with van der Waals surface area (Å²) < 4.78 is 5.60. The standard InChI is InChI=1S/C27H27N7O4/c1-15-20(32-26(35)18-5-3-4-6-19(18)27(36)37)7-8-21(30-15)25-24(16(2)34-38-25)33-23-14-29-13-22(31-23)17-9-11-28-12-10-17/h7-14,18-19H,3-6H2,1-2H3,(H,31,33)(H,32,35)(H,36,37)/t18-,19-/m0/s1. The predicted molar refractivity (Wildman–Crippen MR) is 139 cm³/mol. The van der Waals surface area contributed by atoms with E-state index in [9.17, 15) is 14.7 Å². The summed E-state index contributed by atoms with van der Waals surface area (Å²) in [6, 6.07) is 7.17. The number of nitrogens with one attached hydrogen (secondary N) is 2. The number of nitrogens with zero attached hydrogens (tertiary/aromatic N) is 5. The third kappa shape index (κ3) is 5.22. The molecule has 2 atom stereocenters. The minimum atomic E-state index is -0.924. The summed E-state index contributed by atoms with van der Waals surface area (Å²) in [5.41, 5.74) is 4.39. The van der Waals surface area contributed by atoms with E-state index in [1.807, 2.05) is 12.1 Å². The molecule has 0 radical (unpaired) electrons. The Morgan fingerprint density at radius 1 is 0.921 bits per heavy atom. The van der Waals surface area contributed by atoms with Gasteiger partial charge < -0.3 is 20.3 Å². The van der Waals surface area contributed by atoms with Gasteiger partial charge in [-0.3, -0.25) is 19.6 Å². The highest BCUT2D eigenvalue weighted by molar-refractivity contribution is 5.95. The first-order chi connectivity index (χ1) is 18.4. The van der Waals surface area contributed by atoms with Crippen LogP contribution >= 0.6 is 0 Å². The second kappa shape index (κ2) is 10.8. The predicted octanol–water partition coefficient (Wildman–Crippen LogP) is 4.78. The molecule has 0 spiro atoms. The largest absolute Gasteiger partial charge is 0.481 e. The quantitative estimate of drug-likeness (QED) is 0.314. The highest BCUT2D eigenvalue weighted by Gasteiger charge is 2.36. The van der Waals surface area contributed by atoms with Crippen molar-refractivity contribution in [3.05, 3.63) is 60.4 Å². The monoisotopic (exact) mass is 513 g/mol. The van der Waals surface area contributed by atoms with Crippen LogP contribution in [0.15, 0.2) is 53.6 Å². The summed E-state index contributed by atoms with van der Waals surface area (Å²) >= 11 is 0. The molecule has 5 rings (SSSR count). The average molecular weight is 514 g/mol. The Morgan fingerprint density at radius 3 is 2.42 bits per heavy atom. The molecule has 1 aliphatic carbocycles. The number of hydrogen-bond donors (Lipinski definition) is 3. The maximum absolute atomic E-state index is 12.9. The van der Waals surface area contributed by atoms with Crippen molar-refractivity contribution in [2.45, 2.75) is 39.5 Å². The van der Waals surface area contributed by atoms with Gasteiger partial charge in [0.25, 0.3) is 0 Å². The summed E-state index contributed by atoms with van der Waals surface area (Å²) in [7, 11) is 0. The lowest BCUT2D eigenvalue weighted by atomic mass is 9.78. The zero-order chi connectivity index (χ0) is 26.6. The van der Waals surface area contributed by atoms with Gasteiger partial charge in [-0.05, 0) is 51.0 Å². The van der Waals surface area contributed by atoms with E-state index in [4.69, 9.17) is 4.52 Å². The van der Waals surface area contributed by atoms with Crippen LogP contribution in [0.25, 0.3) is 22.7 Å². The first kappa shape index (κ1) is 25.0. The fourth-order valence-electron chi connectivity index (χ4n) is 4.69. The normalized spacial score (nSPS) is 17.1. The number of aryl methyl sites for hydroxylation is 2. The summed E-state index contributed by atoms with van der Waals surface area (Å²) in [5.74, 6) is -1.52. The second-order valence-corrected chi connectivity index (χ2v) is 9.28. The van der Waals surface area contributed by atoms with Gasteiger partial charge in [-0.1, -0.05) is 18.0 Å². The molecular weight excluding hydrogens is 486 g/mol. The lowest BCUT2D eigenvalue weighted by Gasteiger charge is -2.27. The van der Waals surface area contributed by atoms with Crippen LogP contribution in [0.3, 0.4) is 0 Å². The summed E-state index contributed by atoms with van der Waals surface area (Å²) in [4.78, 5) is 42.1. The van der Waals surface area contributed by atoms with Crippen LogP contribution < -0.4 is 10.6 Å². The van der Waals surface area contributed by atoms with Crippen molar-refractivity contribution >= 4 is 29.1 Å². The van der Waals surface area contributed by atoms with E-state index in [0.717, 1.165) is 18.4 Å². The van der Waals surface area contributed by atoms with Crippen molar-refractivity contribution in [2.24, 2.45) is 11.8 Å². The minimum absolute atomic E-state index is 0.291. The van der Waals surface area contributed by atoms with Crippen LogP contribution in [0, 0.1) is 25.7 Å². The van der Waals surface area contributed by atoms with Gasteiger partial charge in [-0.15, -0.1) is 0 Å². The number of carboxylic acids is 1. The van der Waals surface area contributed by atoms with Crippen molar-refractivity contribution in [3.8, 4) is 22.7 Å². The fraction of sp³-hybridized carbons (Fsp3) is 0.296. The first-order valence-electron chi connectivity index (χ1n) is 12.4. The Morgan fingerprint density at radius 2 is 1.68 bits per heavy atom. The van der Waals surface area contributed by atoms with Crippen LogP contribution in [0.4, 0.5) is 17.2 Å². The molecule has 0 saturated heterocycles. The molecule has 1 saturated carbocycles. The van der Waals surface area contributed by atoms with Crippen LogP contribution in [0.5, 0.6) is 0 Å². The Hall–Kier alpha value is -4.67. The second-order valence-electron chi connectivity index (χ2n) is 9.28. The van der Waals surface area contributed by atoms with Crippen LogP contribution in [-0.4, -0.2) is 42.1 Å². The number of aromatic nitrogens is 5. The molecule has 4 aromatic heterocycles. The van der Waals surface area contributed by atoms with E-state index >= 15 is 0 Å². The smallest absolute Gasteiger partial charge is 0.307 e. The van der Waals surface area contributed by atoms with Crippen molar-refractivity contribution in [1.82, 2.24) is 25.1 Å². The third-order valence-corrected chi connectivity index (χ3v) is 6.72. The molecule has 11 heteroatoms. The summed E-state index contributed by atoms with van der Waals surface area (Å²) in [6.07, 6.45) is 9.40. The maximum atomic E-state index is 12.9. The van der Waals surface area contributed by atoms with Gasteiger partial charge >= 0.3 is 5.97 Å². The molecule has 194 valence electrons. The molecule has 1 amide bonds. The summed E-state index contributed by atoms with van der Waals surface area (Å²) in [6.45, 7) is 3.58. The van der Waals surface area contributed by atoms with Gasteiger partial charge in [0, 0.05) is 18.0 Å². The Balaban J connectivity index is 1.36. The number of amides is 1. The first-order valence-corrected chi connectivity index (χ1v) is 12.4. The van der Waals surface area contributed by atoms with E-state index in [1.54, 1.807) is 50.8 Å². The molecule has 1 fully saturated rings. The molecule has 4 heterocycles. The van der Waals surface area contributed by atoms with E-state index < -0.39 is 17.8 Å². The number of carbonyl (C=O) groups is 2.